The van der Waals surface area contributed by atoms with Crippen LogP contribution in [0.25, 0.3) is 11.3 Å². The Balaban J connectivity index is 1.23. The van der Waals surface area contributed by atoms with Gasteiger partial charge in [-0.25, -0.2) is 9.97 Å². The molecule has 0 unspecified atom stereocenters. The third-order valence-electron chi connectivity index (χ3n) is 7.60. The number of pyridine rings is 1. The van der Waals surface area contributed by atoms with Gasteiger partial charge in [0, 0.05) is 62.8 Å². The van der Waals surface area contributed by atoms with E-state index in [9.17, 15) is 0 Å². The van der Waals surface area contributed by atoms with E-state index in [1.807, 2.05) is 13.1 Å². The molecule has 2 aromatic heterocycles. The summed E-state index contributed by atoms with van der Waals surface area (Å²) in [5.41, 5.74) is 9.09. The molecule has 2 saturated carbocycles. The predicted molar refractivity (Wildman–Crippen MR) is 112 cm³/mol. The van der Waals surface area contributed by atoms with E-state index >= 15 is 0 Å². The number of likely N-dealkylation sites (tertiary alicyclic amines) is 1. The van der Waals surface area contributed by atoms with Gasteiger partial charge in [-0.05, 0) is 62.0 Å². The summed E-state index contributed by atoms with van der Waals surface area (Å²) in [6.07, 6.45) is 10.4. The van der Waals surface area contributed by atoms with Crippen LogP contribution in [-0.4, -0.2) is 51.8 Å². The van der Waals surface area contributed by atoms with E-state index in [2.05, 4.69) is 26.7 Å². The first-order chi connectivity index (χ1) is 14.2. The molecule has 6 rings (SSSR count). The molecule has 2 N–H and O–H groups in total. The van der Waals surface area contributed by atoms with Crippen molar-refractivity contribution in [3.63, 3.8) is 0 Å². The molecule has 2 aliphatic carbocycles. The number of hydrogen-bond donors (Lipinski definition) is 1. The summed E-state index contributed by atoms with van der Waals surface area (Å²) in [7, 11) is 0. The number of fused-ring (bicyclic) bond motifs is 1. The molecule has 0 bridgehead atoms. The lowest BCUT2D eigenvalue weighted by molar-refractivity contribution is 0.0370. The number of aromatic nitrogens is 3. The monoisotopic (exact) mass is 393 g/mol. The normalized spacial score (nSPS) is 29.9. The number of imidazole rings is 1. The molecule has 4 aliphatic rings. The van der Waals surface area contributed by atoms with Crippen molar-refractivity contribution in [3.05, 3.63) is 29.8 Å². The van der Waals surface area contributed by atoms with Crippen LogP contribution in [0.4, 0.5) is 5.82 Å². The molecule has 3 atom stereocenters. The Morgan fingerprint density at radius 2 is 1.90 bits per heavy atom. The Labute approximate surface area is 172 Å². The lowest BCUT2D eigenvalue weighted by Crippen LogP contribution is -2.39. The van der Waals surface area contributed by atoms with E-state index in [1.165, 1.54) is 44.6 Å². The molecule has 29 heavy (non-hydrogen) atoms. The summed E-state index contributed by atoms with van der Waals surface area (Å²) >= 11 is 0. The summed E-state index contributed by atoms with van der Waals surface area (Å²) in [6, 6.07) is 3.51. The smallest absolute Gasteiger partial charge is 0.126 e. The van der Waals surface area contributed by atoms with Crippen LogP contribution in [0, 0.1) is 24.7 Å². The second-order valence-corrected chi connectivity index (χ2v) is 9.64. The molecule has 4 fully saturated rings. The zero-order valence-electron chi connectivity index (χ0n) is 17.3. The summed E-state index contributed by atoms with van der Waals surface area (Å²) in [4.78, 5) is 12.2. The van der Waals surface area contributed by atoms with Crippen molar-refractivity contribution in [1.82, 2.24) is 19.4 Å². The molecular formula is C23H31N5O. The lowest BCUT2D eigenvalue weighted by atomic mass is 10.1. The van der Waals surface area contributed by atoms with E-state index in [0.717, 1.165) is 60.3 Å². The van der Waals surface area contributed by atoms with Crippen molar-refractivity contribution >= 4 is 5.82 Å². The van der Waals surface area contributed by atoms with Gasteiger partial charge in [-0.1, -0.05) is 0 Å². The van der Waals surface area contributed by atoms with Crippen LogP contribution in [0.2, 0.25) is 0 Å². The van der Waals surface area contributed by atoms with E-state index in [1.54, 1.807) is 0 Å². The van der Waals surface area contributed by atoms with E-state index < -0.39 is 0 Å². The van der Waals surface area contributed by atoms with Gasteiger partial charge in [0.1, 0.15) is 11.6 Å². The summed E-state index contributed by atoms with van der Waals surface area (Å²) < 4.78 is 8.09. The lowest BCUT2D eigenvalue weighted by Gasteiger charge is -2.32. The molecule has 2 aromatic rings. The summed E-state index contributed by atoms with van der Waals surface area (Å²) in [5, 5.41) is 0. The molecule has 0 aromatic carbocycles. The van der Waals surface area contributed by atoms with Gasteiger partial charge in [-0.15, -0.1) is 0 Å². The number of hydrogen-bond acceptors (Lipinski definition) is 5. The van der Waals surface area contributed by atoms with Gasteiger partial charge >= 0.3 is 0 Å². The standard InChI is InChI=1S/C23H31N5O/c1-14-8-16(10-25-23(14)24)20-13-28(21(26-20)9-15-2-3-15)22-18-11-27(12-19(18)22)17-4-6-29-7-5-17/h8,10,13,15,17-19,22H,2-7,9,11-12H2,1H3,(H2,24,25)/t18-,19+,22+. The van der Waals surface area contributed by atoms with Crippen LogP contribution in [0.1, 0.15) is 43.1 Å². The third-order valence-corrected chi connectivity index (χ3v) is 7.60. The number of ether oxygens (including phenoxy) is 1. The molecule has 2 aliphatic heterocycles. The molecule has 6 heteroatoms. The van der Waals surface area contributed by atoms with Crippen molar-refractivity contribution in [3.8, 4) is 11.3 Å². The quantitative estimate of drug-likeness (QED) is 0.845. The highest BCUT2D eigenvalue weighted by molar-refractivity contribution is 5.61. The first kappa shape index (κ1) is 17.9. The largest absolute Gasteiger partial charge is 0.383 e. The van der Waals surface area contributed by atoms with Crippen LogP contribution in [0.15, 0.2) is 18.5 Å². The fourth-order valence-electron chi connectivity index (χ4n) is 5.57. The maximum Gasteiger partial charge on any atom is 0.126 e. The zero-order chi connectivity index (χ0) is 19.5. The molecule has 0 spiro atoms. The van der Waals surface area contributed by atoms with Crippen molar-refractivity contribution in [2.45, 2.75) is 51.1 Å². The minimum atomic E-state index is 0.608. The van der Waals surface area contributed by atoms with Crippen LogP contribution < -0.4 is 5.73 Å². The number of aryl methyl sites for hydroxylation is 1. The number of nitrogen functional groups attached to an aromatic ring is 1. The first-order valence-corrected chi connectivity index (χ1v) is 11.3. The van der Waals surface area contributed by atoms with E-state index in [4.69, 9.17) is 15.5 Å². The van der Waals surface area contributed by atoms with Crippen molar-refractivity contribution in [2.75, 3.05) is 32.0 Å². The molecule has 0 radical (unpaired) electrons. The molecule has 154 valence electrons. The van der Waals surface area contributed by atoms with E-state index in [-0.39, 0.29) is 0 Å². The average molecular weight is 394 g/mol. The topological polar surface area (TPSA) is 69.2 Å². The van der Waals surface area contributed by atoms with Crippen LogP contribution in [0.5, 0.6) is 0 Å². The fourth-order valence-corrected chi connectivity index (χ4v) is 5.57. The Hall–Kier alpha value is -1.92. The van der Waals surface area contributed by atoms with Gasteiger partial charge in [-0.3, -0.25) is 4.90 Å². The SMILES string of the molecule is Cc1cc(-c2cn([C@H]3[C@@H]4CN(C5CCOCC5)C[C@@H]43)c(CC3CC3)n2)cnc1N. The summed E-state index contributed by atoms with van der Waals surface area (Å²) in [5.74, 6) is 4.33. The highest BCUT2D eigenvalue weighted by Crippen LogP contribution is 2.57. The second-order valence-electron chi connectivity index (χ2n) is 9.64. The van der Waals surface area contributed by atoms with Gasteiger partial charge in [-0.2, -0.15) is 0 Å². The molecule has 0 amide bonds. The van der Waals surface area contributed by atoms with Gasteiger partial charge in [0.05, 0.1) is 5.69 Å². The molecule has 6 nitrogen and oxygen atoms in total. The fraction of sp³-hybridized carbons (Fsp3) is 0.652. The van der Waals surface area contributed by atoms with Crippen LogP contribution >= 0.6 is 0 Å². The maximum atomic E-state index is 5.92. The summed E-state index contributed by atoms with van der Waals surface area (Å²) in [6.45, 7) is 6.39. The second kappa shape index (κ2) is 6.81. The van der Waals surface area contributed by atoms with Gasteiger partial charge in [0.2, 0.25) is 0 Å². The third kappa shape index (κ3) is 3.26. The number of anilines is 1. The van der Waals surface area contributed by atoms with Crippen molar-refractivity contribution < 1.29 is 4.74 Å². The zero-order valence-corrected chi connectivity index (χ0v) is 17.3. The number of nitrogens with two attached hydrogens (primary N) is 1. The average Bonchev–Trinajstić information content (AvgIpc) is 3.58. The molecule has 2 saturated heterocycles. The van der Waals surface area contributed by atoms with Crippen LogP contribution in [0.3, 0.4) is 0 Å². The maximum absolute atomic E-state index is 5.92. The Bertz CT molecular complexity index is 902. The Kier molecular flexibility index (Phi) is 4.20. The Morgan fingerprint density at radius 1 is 1.14 bits per heavy atom. The molecular weight excluding hydrogens is 362 g/mol. The van der Waals surface area contributed by atoms with Gasteiger partial charge in [0.15, 0.2) is 0 Å². The van der Waals surface area contributed by atoms with Crippen molar-refractivity contribution in [2.24, 2.45) is 17.8 Å². The molecule has 4 heterocycles. The van der Waals surface area contributed by atoms with Crippen LogP contribution in [-0.2, 0) is 11.2 Å². The minimum Gasteiger partial charge on any atom is -0.383 e. The number of piperidine rings is 1. The Morgan fingerprint density at radius 3 is 2.59 bits per heavy atom. The van der Waals surface area contributed by atoms with Gasteiger partial charge in [0.25, 0.3) is 0 Å². The minimum absolute atomic E-state index is 0.608. The number of nitrogens with zero attached hydrogens (tertiary/aromatic N) is 4. The highest BCUT2D eigenvalue weighted by atomic mass is 16.5. The van der Waals surface area contributed by atoms with Gasteiger partial charge < -0.3 is 15.0 Å². The first-order valence-electron chi connectivity index (χ1n) is 11.3. The number of rotatable bonds is 5. The predicted octanol–water partition coefficient (Wildman–Crippen LogP) is 3.07. The van der Waals surface area contributed by atoms with Crippen molar-refractivity contribution in [1.29, 1.82) is 0 Å². The van der Waals surface area contributed by atoms with E-state index in [0.29, 0.717) is 11.9 Å². The highest BCUT2D eigenvalue weighted by Gasteiger charge is 2.58.